The maximum atomic E-state index is 6.34. The van der Waals surface area contributed by atoms with E-state index in [2.05, 4.69) is 49.3 Å². The lowest BCUT2D eigenvalue weighted by atomic mass is 10.0. The summed E-state index contributed by atoms with van der Waals surface area (Å²) in [7, 11) is 0. The molecule has 0 bridgehead atoms. The van der Waals surface area contributed by atoms with Crippen molar-refractivity contribution in [2.45, 2.75) is 44.7 Å². The summed E-state index contributed by atoms with van der Waals surface area (Å²) in [6.45, 7) is 7.19. The quantitative estimate of drug-likeness (QED) is 0.827. The van der Waals surface area contributed by atoms with E-state index in [0.29, 0.717) is 0 Å². The highest BCUT2D eigenvalue weighted by molar-refractivity contribution is 7.99. The Bertz CT molecular complexity index is 545. The minimum Gasteiger partial charge on any atom is -0.324 e. The molecule has 2 rings (SSSR count). The van der Waals surface area contributed by atoms with E-state index in [4.69, 9.17) is 5.73 Å². The Morgan fingerprint density at radius 1 is 1.25 bits per heavy atom. The minimum atomic E-state index is 0.0251. The fourth-order valence-corrected chi connectivity index (χ4v) is 3.02. The molecule has 0 saturated heterocycles. The third-order valence-electron chi connectivity index (χ3n) is 3.33. The summed E-state index contributed by atoms with van der Waals surface area (Å²) >= 11 is 1.85. The van der Waals surface area contributed by atoms with Crippen molar-refractivity contribution >= 4 is 11.8 Å². The summed E-state index contributed by atoms with van der Waals surface area (Å²) in [6, 6.07) is 10.8. The first-order valence-corrected chi connectivity index (χ1v) is 8.14. The molecular formula is C16H23N3S. The summed E-state index contributed by atoms with van der Waals surface area (Å²) < 4.78 is 2.04. The Morgan fingerprint density at radius 3 is 2.55 bits per heavy atom. The van der Waals surface area contributed by atoms with Crippen molar-refractivity contribution in [1.29, 1.82) is 0 Å². The average molecular weight is 289 g/mol. The molecule has 20 heavy (non-hydrogen) atoms. The molecule has 0 saturated carbocycles. The van der Waals surface area contributed by atoms with Gasteiger partial charge in [0.1, 0.15) is 0 Å². The van der Waals surface area contributed by atoms with Crippen molar-refractivity contribution in [1.82, 2.24) is 9.78 Å². The molecule has 0 spiro atoms. The van der Waals surface area contributed by atoms with Gasteiger partial charge in [-0.1, -0.05) is 19.1 Å². The number of nitrogens with two attached hydrogens (primary N) is 1. The van der Waals surface area contributed by atoms with E-state index in [1.54, 1.807) is 0 Å². The zero-order valence-electron chi connectivity index (χ0n) is 12.5. The van der Waals surface area contributed by atoms with Crippen molar-refractivity contribution in [3.63, 3.8) is 0 Å². The van der Waals surface area contributed by atoms with Crippen LogP contribution in [0.25, 0.3) is 0 Å². The van der Waals surface area contributed by atoms with E-state index in [-0.39, 0.29) is 6.04 Å². The minimum absolute atomic E-state index is 0.0251. The Labute approximate surface area is 125 Å². The number of aromatic nitrogens is 2. The topological polar surface area (TPSA) is 43.8 Å². The van der Waals surface area contributed by atoms with Crippen LogP contribution in [-0.2, 0) is 13.0 Å². The van der Waals surface area contributed by atoms with Crippen LogP contribution in [0, 0.1) is 6.92 Å². The van der Waals surface area contributed by atoms with Crippen molar-refractivity contribution in [3.05, 3.63) is 47.3 Å². The van der Waals surface area contributed by atoms with E-state index in [9.17, 15) is 0 Å². The molecular weight excluding hydrogens is 266 g/mol. The third-order valence-corrected chi connectivity index (χ3v) is 4.23. The van der Waals surface area contributed by atoms with Gasteiger partial charge in [-0.2, -0.15) is 5.10 Å². The normalized spacial score (nSPS) is 12.6. The van der Waals surface area contributed by atoms with Crippen molar-refractivity contribution in [2.24, 2.45) is 5.73 Å². The molecule has 3 nitrogen and oxygen atoms in total. The molecule has 1 aromatic heterocycles. The monoisotopic (exact) mass is 289 g/mol. The first kappa shape index (κ1) is 15.1. The van der Waals surface area contributed by atoms with Gasteiger partial charge >= 0.3 is 0 Å². The van der Waals surface area contributed by atoms with Crippen LogP contribution in [-0.4, -0.2) is 15.5 Å². The van der Waals surface area contributed by atoms with Crippen LogP contribution in [0.2, 0.25) is 0 Å². The highest BCUT2D eigenvalue weighted by Gasteiger charge is 2.11. The van der Waals surface area contributed by atoms with Crippen LogP contribution in [0.3, 0.4) is 0 Å². The Morgan fingerprint density at radius 2 is 1.95 bits per heavy atom. The zero-order chi connectivity index (χ0) is 14.5. The highest BCUT2D eigenvalue weighted by Crippen LogP contribution is 2.22. The fraction of sp³-hybridized carbons (Fsp3) is 0.438. The van der Waals surface area contributed by atoms with Crippen LogP contribution >= 0.6 is 11.8 Å². The van der Waals surface area contributed by atoms with E-state index in [1.807, 2.05) is 23.4 Å². The second kappa shape index (κ2) is 6.95. The van der Waals surface area contributed by atoms with Gasteiger partial charge in [0.25, 0.3) is 0 Å². The number of rotatable bonds is 6. The number of hydrogen-bond donors (Lipinski definition) is 1. The second-order valence-corrected chi connectivity index (χ2v) is 6.24. The van der Waals surface area contributed by atoms with E-state index in [1.165, 1.54) is 16.2 Å². The van der Waals surface area contributed by atoms with Gasteiger partial charge in [0.15, 0.2) is 0 Å². The highest BCUT2D eigenvalue weighted by atomic mass is 32.2. The molecule has 1 heterocycles. The summed E-state index contributed by atoms with van der Waals surface area (Å²) in [4.78, 5) is 1.30. The molecule has 4 heteroatoms. The number of nitrogens with zero attached hydrogens (tertiary/aromatic N) is 2. The Kier molecular flexibility index (Phi) is 5.26. The molecule has 0 amide bonds. The molecule has 108 valence electrons. The Balaban J connectivity index is 2.08. The summed E-state index contributed by atoms with van der Waals surface area (Å²) in [5, 5.41) is 4.47. The van der Waals surface area contributed by atoms with E-state index in [0.717, 1.165) is 24.4 Å². The summed E-state index contributed by atoms with van der Waals surface area (Å²) in [5.74, 6) is 1.10. The van der Waals surface area contributed by atoms with Crippen LogP contribution in [0.4, 0.5) is 0 Å². The molecule has 2 N–H and O–H groups in total. The number of hydrogen-bond acceptors (Lipinski definition) is 3. The van der Waals surface area contributed by atoms with Gasteiger partial charge in [0, 0.05) is 29.6 Å². The number of benzene rings is 1. The molecule has 1 aromatic carbocycles. The van der Waals surface area contributed by atoms with Crippen molar-refractivity contribution in [3.8, 4) is 0 Å². The fourth-order valence-electron chi connectivity index (χ4n) is 2.36. The molecule has 0 aliphatic heterocycles. The van der Waals surface area contributed by atoms with Gasteiger partial charge < -0.3 is 5.73 Å². The third kappa shape index (κ3) is 3.64. The number of aryl methyl sites for hydroxylation is 2. The standard InChI is InChI=1S/C16H23N3S/c1-4-19-14(10-12(3)18-19)11-16(17)13-6-8-15(9-7-13)20-5-2/h6-10,16H,4-5,11,17H2,1-3H3. The summed E-state index contributed by atoms with van der Waals surface area (Å²) in [6.07, 6.45) is 0.828. The SMILES string of the molecule is CCSc1ccc(C(N)Cc2cc(C)nn2CC)cc1. The molecule has 0 radical (unpaired) electrons. The maximum Gasteiger partial charge on any atom is 0.0596 e. The van der Waals surface area contributed by atoms with Crippen LogP contribution in [0.15, 0.2) is 35.2 Å². The van der Waals surface area contributed by atoms with Gasteiger partial charge in [-0.15, -0.1) is 11.8 Å². The average Bonchev–Trinajstić information content (AvgIpc) is 2.80. The van der Waals surface area contributed by atoms with E-state index >= 15 is 0 Å². The molecule has 1 atom stereocenters. The molecule has 1 unspecified atom stereocenters. The zero-order valence-corrected chi connectivity index (χ0v) is 13.3. The van der Waals surface area contributed by atoms with Crippen molar-refractivity contribution < 1.29 is 0 Å². The molecule has 0 aliphatic rings. The first-order chi connectivity index (χ1) is 9.63. The molecule has 2 aromatic rings. The molecule has 0 aliphatic carbocycles. The van der Waals surface area contributed by atoms with Gasteiger partial charge in [-0.05, 0) is 43.4 Å². The lowest BCUT2D eigenvalue weighted by Gasteiger charge is -2.13. The smallest absolute Gasteiger partial charge is 0.0596 e. The van der Waals surface area contributed by atoms with E-state index < -0.39 is 0 Å². The lowest BCUT2D eigenvalue weighted by Crippen LogP contribution is -2.16. The van der Waals surface area contributed by atoms with Gasteiger partial charge in [-0.25, -0.2) is 0 Å². The van der Waals surface area contributed by atoms with Gasteiger partial charge in [0.05, 0.1) is 5.69 Å². The summed E-state index contributed by atoms with van der Waals surface area (Å²) in [5.41, 5.74) is 9.79. The number of thioether (sulfide) groups is 1. The van der Waals surface area contributed by atoms with Crippen molar-refractivity contribution in [2.75, 3.05) is 5.75 Å². The lowest BCUT2D eigenvalue weighted by molar-refractivity contribution is 0.587. The van der Waals surface area contributed by atoms with Crippen LogP contribution in [0.5, 0.6) is 0 Å². The van der Waals surface area contributed by atoms with Crippen LogP contribution < -0.4 is 5.73 Å². The second-order valence-electron chi connectivity index (χ2n) is 4.91. The predicted molar refractivity (Wildman–Crippen MR) is 86.1 cm³/mol. The van der Waals surface area contributed by atoms with Gasteiger partial charge in [0.2, 0.25) is 0 Å². The largest absolute Gasteiger partial charge is 0.324 e. The first-order valence-electron chi connectivity index (χ1n) is 7.15. The van der Waals surface area contributed by atoms with Gasteiger partial charge in [-0.3, -0.25) is 4.68 Å². The predicted octanol–water partition coefficient (Wildman–Crippen LogP) is 3.57. The Hall–Kier alpha value is -1.26. The van der Waals surface area contributed by atoms with Crippen LogP contribution in [0.1, 0.15) is 36.8 Å². The molecule has 0 fully saturated rings. The maximum absolute atomic E-state index is 6.34.